The highest BCUT2D eigenvalue weighted by atomic mass is 32.2. The monoisotopic (exact) mass is 333 g/mol. The average Bonchev–Trinajstić information content (AvgIpc) is 2.81. The van der Waals surface area contributed by atoms with Crippen molar-refractivity contribution in [3.8, 4) is 0 Å². The Balaban J connectivity index is 2.55. The summed E-state index contributed by atoms with van der Waals surface area (Å²) < 4.78 is 30.1. The SMILES string of the molecule is CCOC(=O)CS(=O)(=O)NCc1cc(C=CC(=O)O)cs1. The van der Waals surface area contributed by atoms with Gasteiger partial charge in [0.2, 0.25) is 10.0 Å². The number of thiophene rings is 1. The first-order valence-electron chi connectivity index (χ1n) is 5.94. The van der Waals surface area contributed by atoms with Crippen LogP contribution in [0.5, 0.6) is 0 Å². The zero-order valence-electron chi connectivity index (χ0n) is 11.2. The molecule has 1 heterocycles. The van der Waals surface area contributed by atoms with Crippen LogP contribution >= 0.6 is 11.3 Å². The Morgan fingerprint density at radius 2 is 2.19 bits per heavy atom. The maximum atomic E-state index is 11.6. The van der Waals surface area contributed by atoms with Crippen molar-refractivity contribution in [2.24, 2.45) is 0 Å². The van der Waals surface area contributed by atoms with E-state index in [9.17, 15) is 18.0 Å². The van der Waals surface area contributed by atoms with Crippen molar-refractivity contribution in [2.75, 3.05) is 12.4 Å². The van der Waals surface area contributed by atoms with E-state index in [0.717, 1.165) is 6.08 Å². The van der Waals surface area contributed by atoms with E-state index in [2.05, 4.69) is 9.46 Å². The third kappa shape index (κ3) is 7.02. The van der Waals surface area contributed by atoms with Gasteiger partial charge in [0.15, 0.2) is 5.75 Å². The van der Waals surface area contributed by atoms with E-state index in [1.54, 1.807) is 18.4 Å². The van der Waals surface area contributed by atoms with Crippen LogP contribution in [0.4, 0.5) is 0 Å². The summed E-state index contributed by atoms with van der Waals surface area (Å²) in [6.45, 7) is 1.75. The number of hydrogen-bond acceptors (Lipinski definition) is 6. The minimum atomic E-state index is -3.75. The van der Waals surface area contributed by atoms with Crippen molar-refractivity contribution < 1.29 is 27.9 Å². The Kier molecular flexibility index (Phi) is 6.53. The molecule has 0 bridgehead atoms. The molecule has 9 heteroatoms. The lowest BCUT2D eigenvalue weighted by atomic mass is 10.3. The predicted octanol–water partition coefficient (Wildman–Crippen LogP) is 0.828. The Bertz CT molecular complexity index is 632. The normalized spacial score (nSPS) is 11.7. The average molecular weight is 333 g/mol. The molecule has 0 saturated heterocycles. The van der Waals surface area contributed by atoms with Crippen LogP contribution in [-0.4, -0.2) is 37.8 Å². The highest BCUT2D eigenvalue weighted by molar-refractivity contribution is 7.90. The summed E-state index contributed by atoms with van der Waals surface area (Å²) in [7, 11) is -3.75. The lowest BCUT2D eigenvalue weighted by Gasteiger charge is -2.05. The molecule has 0 amide bonds. The minimum Gasteiger partial charge on any atom is -0.478 e. The number of hydrogen-bond donors (Lipinski definition) is 2. The molecule has 0 aliphatic carbocycles. The molecule has 0 unspecified atom stereocenters. The van der Waals surface area contributed by atoms with Crippen molar-refractivity contribution in [1.29, 1.82) is 0 Å². The Hall–Kier alpha value is -1.71. The molecule has 0 atom stereocenters. The third-order valence-electron chi connectivity index (χ3n) is 2.17. The lowest BCUT2D eigenvalue weighted by molar-refractivity contribution is -0.140. The quantitative estimate of drug-likeness (QED) is 0.538. The Labute approximate surface area is 126 Å². The molecule has 0 saturated carbocycles. The second-order valence-electron chi connectivity index (χ2n) is 3.90. The third-order valence-corrected chi connectivity index (χ3v) is 4.33. The summed E-state index contributed by atoms with van der Waals surface area (Å²) in [5.74, 6) is -2.59. The Morgan fingerprint density at radius 3 is 2.81 bits per heavy atom. The van der Waals surface area contributed by atoms with Crippen LogP contribution < -0.4 is 4.72 Å². The van der Waals surface area contributed by atoms with Crippen LogP contribution in [0.25, 0.3) is 6.08 Å². The van der Waals surface area contributed by atoms with Crippen molar-refractivity contribution >= 4 is 39.4 Å². The van der Waals surface area contributed by atoms with Gasteiger partial charge in [-0.05, 0) is 30.0 Å². The molecule has 0 fully saturated rings. The summed E-state index contributed by atoms with van der Waals surface area (Å²) >= 11 is 1.28. The number of carboxylic acid groups (broad SMARTS) is 1. The number of carbonyl (C=O) groups is 2. The molecule has 0 aromatic carbocycles. The van der Waals surface area contributed by atoms with E-state index in [1.165, 1.54) is 17.4 Å². The second-order valence-corrected chi connectivity index (χ2v) is 6.71. The summed E-state index contributed by atoms with van der Waals surface area (Å²) in [5, 5.41) is 10.2. The van der Waals surface area contributed by atoms with Crippen LogP contribution in [-0.2, 0) is 30.9 Å². The van der Waals surface area contributed by atoms with Gasteiger partial charge in [0.1, 0.15) is 0 Å². The number of rotatable bonds is 8. The highest BCUT2D eigenvalue weighted by Crippen LogP contribution is 2.16. The number of esters is 1. The van der Waals surface area contributed by atoms with E-state index in [0.29, 0.717) is 10.4 Å². The van der Waals surface area contributed by atoms with Crippen molar-refractivity contribution in [3.63, 3.8) is 0 Å². The van der Waals surface area contributed by atoms with Crippen molar-refractivity contribution in [1.82, 2.24) is 4.72 Å². The van der Waals surface area contributed by atoms with Crippen LogP contribution in [0, 0.1) is 0 Å². The first kappa shape index (κ1) is 17.3. The summed E-state index contributed by atoms with van der Waals surface area (Å²) in [6.07, 6.45) is 2.41. The molecule has 116 valence electrons. The molecule has 7 nitrogen and oxygen atoms in total. The molecular formula is C12H15NO6S2. The van der Waals surface area contributed by atoms with E-state index in [4.69, 9.17) is 5.11 Å². The van der Waals surface area contributed by atoms with E-state index in [-0.39, 0.29) is 13.2 Å². The van der Waals surface area contributed by atoms with Crippen LogP contribution in [0.3, 0.4) is 0 Å². The van der Waals surface area contributed by atoms with Gasteiger partial charge in [0.05, 0.1) is 6.61 Å². The molecule has 1 aromatic rings. The van der Waals surface area contributed by atoms with Gasteiger partial charge in [-0.1, -0.05) is 0 Å². The first-order valence-corrected chi connectivity index (χ1v) is 8.47. The van der Waals surface area contributed by atoms with Crippen LogP contribution in [0.1, 0.15) is 17.4 Å². The maximum absolute atomic E-state index is 11.6. The largest absolute Gasteiger partial charge is 0.478 e. The fraction of sp³-hybridized carbons (Fsp3) is 0.333. The van der Waals surface area contributed by atoms with E-state index in [1.807, 2.05) is 0 Å². The molecule has 21 heavy (non-hydrogen) atoms. The maximum Gasteiger partial charge on any atom is 0.328 e. The van der Waals surface area contributed by atoms with Gasteiger partial charge in [0, 0.05) is 17.5 Å². The standard InChI is InChI=1S/C12H15NO6S2/c1-2-19-12(16)8-21(17,18)13-6-10-5-9(7-20-10)3-4-11(14)15/h3-5,7,13H,2,6,8H2,1H3,(H,14,15). The molecule has 0 radical (unpaired) electrons. The lowest BCUT2D eigenvalue weighted by Crippen LogP contribution is -2.30. The topological polar surface area (TPSA) is 110 Å². The van der Waals surface area contributed by atoms with Gasteiger partial charge in [-0.15, -0.1) is 11.3 Å². The fourth-order valence-corrected chi connectivity index (χ4v) is 3.09. The smallest absolute Gasteiger partial charge is 0.328 e. The molecule has 1 aromatic heterocycles. The number of carbonyl (C=O) groups excluding carboxylic acids is 1. The number of ether oxygens (including phenoxy) is 1. The molecule has 1 rings (SSSR count). The van der Waals surface area contributed by atoms with Gasteiger partial charge in [0.25, 0.3) is 0 Å². The molecular weight excluding hydrogens is 318 g/mol. The number of carboxylic acids is 1. The van der Waals surface area contributed by atoms with Gasteiger partial charge >= 0.3 is 11.9 Å². The molecule has 0 spiro atoms. The summed E-state index contributed by atoms with van der Waals surface area (Å²) in [4.78, 5) is 22.2. The molecule has 0 aliphatic rings. The number of aliphatic carboxylic acids is 1. The van der Waals surface area contributed by atoms with E-state index >= 15 is 0 Å². The van der Waals surface area contributed by atoms with Gasteiger partial charge < -0.3 is 9.84 Å². The molecule has 0 aliphatic heterocycles. The zero-order valence-corrected chi connectivity index (χ0v) is 12.9. The van der Waals surface area contributed by atoms with Crippen LogP contribution in [0.2, 0.25) is 0 Å². The number of sulfonamides is 1. The number of nitrogens with one attached hydrogen (secondary N) is 1. The van der Waals surface area contributed by atoms with Crippen LogP contribution in [0.15, 0.2) is 17.5 Å². The Morgan fingerprint density at radius 1 is 1.48 bits per heavy atom. The summed E-state index contributed by atoms with van der Waals surface area (Å²) in [5.41, 5.74) is 0.669. The highest BCUT2D eigenvalue weighted by Gasteiger charge is 2.17. The second kappa shape index (κ2) is 7.91. The summed E-state index contributed by atoms with van der Waals surface area (Å²) in [6, 6.07) is 1.66. The van der Waals surface area contributed by atoms with E-state index < -0.39 is 27.7 Å². The van der Waals surface area contributed by atoms with Crippen molar-refractivity contribution in [3.05, 3.63) is 28.0 Å². The van der Waals surface area contributed by atoms with Gasteiger partial charge in [-0.2, -0.15) is 0 Å². The fourth-order valence-electron chi connectivity index (χ4n) is 1.34. The molecule has 2 N–H and O–H groups in total. The predicted molar refractivity (Wildman–Crippen MR) is 78.2 cm³/mol. The van der Waals surface area contributed by atoms with Gasteiger partial charge in [-0.25, -0.2) is 17.9 Å². The van der Waals surface area contributed by atoms with Crippen molar-refractivity contribution in [2.45, 2.75) is 13.5 Å². The zero-order chi connectivity index (χ0) is 15.9. The first-order chi connectivity index (χ1) is 9.82. The minimum absolute atomic E-state index is 0.0350. The van der Waals surface area contributed by atoms with Gasteiger partial charge in [-0.3, -0.25) is 4.79 Å².